The third-order valence-corrected chi connectivity index (χ3v) is 6.39. The molecular weight excluding hydrogens is 394 g/mol. The van der Waals surface area contributed by atoms with E-state index < -0.39 is 0 Å². The van der Waals surface area contributed by atoms with Gasteiger partial charge in [0, 0.05) is 5.56 Å². The average molecular weight is 419 g/mol. The molecule has 0 unspecified atom stereocenters. The fourth-order valence-corrected chi connectivity index (χ4v) is 4.40. The average Bonchev–Trinajstić information content (AvgIpc) is 3.18. The van der Waals surface area contributed by atoms with Gasteiger partial charge in [0.15, 0.2) is 5.13 Å². The van der Waals surface area contributed by atoms with Crippen LogP contribution in [0.15, 0.2) is 42.5 Å². The number of quaternary nitrogens is 1. The molecule has 1 N–H and O–H groups in total. The zero-order valence-corrected chi connectivity index (χ0v) is 17.9. The minimum atomic E-state index is -0.0544. The molecule has 0 fully saturated rings. The van der Waals surface area contributed by atoms with Crippen LogP contribution < -0.4 is 14.5 Å². The molecule has 3 rings (SSSR count). The van der Waals surface area contributed by atoms with Gasteiger partial charge in [-0.2, -0.15) is 0 Å². The van der Waals surface area contributed by atoms with E-state index in [0.717, 1.165) is 24.3 Å². The van der Waals surface area contributed by atoms with Crippen LogP contribution in [0.5, 0.6) is 5.75 Å². The molecule has 1 heterocycles. The van der Waals surface area contributed by atoms with Gasteiger partial charge in [0.1, 0.15) is 11.3 Å². The first-order valence-corrected chi connectivity index (χ1v) is 10.6. The first-order chi connectivity index (χ1) is 13.6. The highest BCUT2D eigenvalue weighted by Crippen LogP contribution is 2.38. The highest BCUT2D eigenvalue weighted by Gasteiger charge is 2.24. The number of hydrogen-bond donors (Lipinski definition) is 1. The SMILES string of the molecule is CC[NH+](CC)CCN(C(=O)c1ccccc1)c1nc2c(OC)ccc(Cl)c2s1. The van der Waals surface area contributed by atoms with Gasteiger partial charge in [0.25, 0.3) is 5.91 Å². The molecule has 3 aromatic rings. The number of carbonyl (C=O) groups is 1. The van der Waals surface area contributed by atoms with Crippen LogP contribution in [0.2, 0.25) is 5.02 Å². The monoisotopic (exact) mass is 418 g/mol. The molecule has 28 heavy (non-hydrogen) atoms. The Kier molecular flexibility index (Phi) is 6.88. The zero-order valence-electron chi connectivity index (χ0n) is 16.4. The second-order valence-corrected chi connectivity index (χ2v) is 7.84. The molecular formula is C21H25ClN3O2S+. The Labute approximate surface area is 174 Å². The molecule has 148 valence electrons. The van der Waals surface area contributed by atoms with Crippen LogP contribution in [0.25, 0.3) is 10.2 Å². The number of nitrogens with zero attached hydrogens (tertiary/aromatic N) is 2. The number of likely N-dealkylation sites (N-methyl/N-ethyl adjacent to an activating group) is 1. The molecule has 0 saturated heterocycles. The van der Waals surface area contributed by atoms with Crippen molar-refractivity contribution < 1.29 is 14.4 Å². The van der Waals surface area contributed by atoms with E-state index in [-0.39, 0.29) is 5.91 Å². The summed E-state index contributed by atoms with van der Waals surface area (Å²) in [5.41, 5.74) is 1.34. The number of methoxy groups -OCH3 is 1. The summed E-state index contributed by atoms with van der Waals surface area (Å²) in [6.07, 6.45) is 0. The first-order valence-electron chi connectivity index (χ1n) is 9.42. The number of aromatic nitrogens is 1. The van der Waals surface area contributed by atoms with Crippen LogP contribution in [0.4, 0.5) is 5.13 Å². The van der Waals surface area contributed by atoms with Crippen molar-refractivity contribution in [3.8, 4) is 5.75 Å². The Balaban J connectivity index is 2.02. The van der Waals surface area contributed by atoms with Gasteiger partial charge in [-0.3, -0.25) is 9.69 Å². The van der Waals surface area contributed by atoms with Crippen molar-refractivity contribution in [1.29, 1.82) is 0 Å². The van der Waals surface area contributed by atoms with Crippen LogP contribution in [-0.2, 0) is 0 Å². The van der Waals surface area contributed by atoms with E-state index in [9.17, 15) is 4.79 Å². The molecule has 2 aromatic carbocycles. The van der Waals surface area contributed by atoms with Crippen molar-refractivity contribution in [1.82, 2.24) is 4.98 Å². The maximum absolute atomic E-state index is 13.3. The van der Waals surface area contributed by atoms with Crippen molar-refractivity contribution in [2.45, 2.75) is 13.8 Å². The second-order valence-electron chi connectivity index (χ2n) is 6.45. The van der Waals surface area contributed by atoms with Gasteiger partial charge in [-0.25, -0.2) is 4.98 Å². The normalized spacial score (nSPS) is 11.2. The maximum atomic E-state index is 13.3. The molecule has 0 aliphatic carbocycles. The highest BCUT2D eigenvalue weighted by atomic mass is 35.5. The van der Waals surface area contributed by atoms with Gasteiger partial charge < -0.3 is 9.64 Å². The van der Waals surface area contributed by atoms with Crippen molar-refractivity contribution in [2.24, 2.45) is 0 Å². The minimum Gasteiger partial charge on any atom is -0.494 e. The number of hydrogen-bond acceptors (Lipinski definition) is 4. The van der Waals surface area contributed by atoms with E-state index in [2.05, 4.69) is 13.8 Å². The summed E-state index contributed by atoms with van der Waals surface area (Å²) in [6, 6.07) is 12.9. The van der Waals surface area contributed by atoms with Crippen LogP contribution in [0.1, 0.15) is 24.2 Å². The number of rotatable bonds is 8. The van der Waals surface area contributed by atoms with Crippen LogP contribution >= 0.6 is 22.9 Å². The molecule has 0 radical (unpaired) electrons. The fraction of sp³-hybridized carbons (Fsp3) is 0.333. The molecule has 0 saturated carbocycles. The molecule has 1 amide bonds. The topological polar surface area (TPSA) is 46.9 Å². The van der Waals surface area contributed by atoms with E-state index in [4.69, 9.17) is 21.3 Å². The number of ether oxygens (including phenoxy) is 1. The number of benzene rings is 2. The summed E-state index contributed by atoms with van der Waals surface area (Å²) >= 11 is 7.80. The summed E-state index contributed by atoms with van der Waals surface area (Å²) in [7, 11) is 1.61. The van der Waals surface area contributed by atoms with Gasteiger partial charge in [0.05, 0.1) is 43.0 Å². The molecule has 0 aliphatic rings. The fourth-order valence-electron chi connectivity index (χ4n) is 3.12. The summed E-state index contributed by atoms with van der Waals surface area (Å²) in [5, 5.41) is 1.25. The van der Waals surface area contributed by atoms with E-state index >= 15 is 0 Å². The maximum Gasteiger partial charge on any atom is 0.260 e. The lowest BCUT2D eigenvalue weighted by molar-refractivity contribution is -0.894. The molecule has 0 aliphatic heterocycles. The lowest BCUT2D eigenvalue weighted by atomic mass is 10.2. The first kappa shape index (κ1) is 20.6. The van der Waals surface area contributed by atoms with E-state index in [1.54, 1.807) is 24.1 Å². The number of thiazole rings is 1. The second kappa shape index (κ2) is 9.37. The van der Waals surface area contributed by atoms with Crippen molar-refractivity contribution in [3.05, 3.63) is 53.1 Å². The number of nitrogens with one attached hydrogen (secondary N) is 1. The summed E-state index contributed by atoms with van der Waals surface area (Å²) in [6.45, 7) is 7.79. The van der Waals surface area contributed by atoms with Gasteiger partial charge in [-0.05, 0) is 38.1 Å². The van der Waals surface area contributed by atoms with Gasteiger partial charge in [-0.1, -0.05) is 41.1 Å². The molecule has 7 heteroatoms. The quantitative estimate of drug-likeness (QED) is 0.608. The number of fused-ring (bicyclic) bond motifs is 1. The van der Waals surface area contributed by atoms with Gasteiger partial charge >= 0.3 is 0 Å². The summed E-state index contributed by atoms with van der Waals surface area (Å²) < 4.78 is 6.26. The van der Waals surface area contributed by atoms with Crippen molar-refractivity contribution in [2.75, 3.05) is 38.2 Å². The van der Waals surface area contributed by atoms with Crippen LogP contribution in [-0.4, -0.2) is 44.2 Å². The minimum absolute atomic E-state index is 0.0544. The largest absolute Gasteiger partial charge is 0.494 e. The zero-order chi connectivity index (χ0) is 20.1. The molecule has 0 atom stereocenters. The van der Waals surface area contributed by atoms with Crippen molar-refractivity contribution >= 4 is 44.2 Å². The number of halogens is 1. The Morgan fingerprint density at radius 3 is 2.54 bits per heavy atom. The van der Waals surface area contributed by atoms with Crippen molar-refractivity contribution in [3.63, 3.8) is 0 Å². The predicted molar refractivity (Wildman–Crippen MR) is 116 cm³/mol. The van der Waals surface area contributed by atoms with E-state index in [0.29, 0.717) is 33.5 Å². The van der Waals surface area contributed by atoms with Crippen LogP contribution in [0, 0.1) is 0 Å². The lowest BCUT2D eigenvalue weighted by Crippen LogP contribution is -3.12. The Hall–Kier alpha value is -2.15. The predicted octanol–water partition coefficient (Wildman–Crippen LogP) is 3.53. The number of amides is 1. The highest BCUT2D eigenvalue weighted by molar-refractivity contribution is 7.23. The standard InChI is InChI=1S/C21H24ClN3O2S/c1-4-24(5-2)13-14-25(20(26)15-9-7-6-8-10-15)21-23-18-17(27-3)12-11-16(22)19(18)28-21/h6-12H,4-5,13-14H2,1-3H3/p+1. The summed E-state index contributed by atoms with van der Waals surface area (Å²) in [5.74, 6) is 0.602. The van der Waals surface area contributed by atoms with E-state index in [1.165, 1.54) is 16.2 Å². The molecule has 1 aromatic heterocycles. The number of anilines is 1. The summed E-state index contributed by atoms with van der Waals surface area (Å²) in [4.78, 5) is 21.2. The number of carbonyl (C=O) groups excluding carboxylic acids is 1. The third-order valence-electron chi connectivity index (χ3n) is 4.85. The molecule has 5 nitrogen and oxygen atoms in total. The smallest absolute Gasteiger partial charge is 0.260 e. The molecule has 0 bridgehead atoms. The Morgan fingerprint density at radius 2 is 1.89 bits per heavy atom. The lowest BCUT2D eigenvalue weighted by Gasteiger charge is -2.23. The Morgan fingerprint density at radius 1 is 1.18 bits per heavy atom. The third kappa shape index (κ3) is 4.29. The Bertz CT molecular complexity index is 941. The van der Waals surface area contributed by atoms with Gasteiger partial charge in [-0.15, -0.1) is 0 Å². The van der Waals surface area contributed by atoms with E-state index in [1.807, 2.05) is 30.3 Å². The van der Waals surface area contributed by atoms with Crippen LogP contribution in [0.3, 0.4) is 0 Å². The van der Waals surface area contributed by atoms with Gasteiger partial charge in [0.2, 0.25) is 0 Å². The molecule has 0 spiro atoms.